The quantitative estimate of drug-likeness (QED) is 0.779. The van der Waals surface area contributed by atoms with Crippen LogP contribution in [0.3, 0.4) is 0 Å². The van der Waals surface area contributed by atoms with Crippen LogP contribution in [0.4, 0.5) is 0 Å². The molecule has 2 rings (SSSR count). The zero-order valence-corrected chi connectivity index (χ0v) is 12.8. The van der Waals surface area contributed by atoms with Gasteiger partial charge in [-0.2, -0.15) is 0 Å². The van der Waals surface area contributed by atoms with Crippen molar-refractivity contribution in [3.8, 4) is 0 Å². The van der Waals surface area contributed by atoms with Gasteiger partial charge in [0.15, 0.2) is 11.3 Å². The van der Waals surface area contributed by atoms with E-state index in [2.05, 4.69) is 12.1 Å². The van der Waals surface area contributed by atoms with E-state index < -0.39 is 11.4 Å². The summed E-state index contributed by atoms with van der Waals surface area (Å²) in [5.74, 6) is -0.560. The van der Waals surface area contributed by atoms with Crippen molar-refractivity contribution in [3.05, 3.63) is 35.4 Å². The molecule has 114 valence electrons. The summed E-state index contributed by atoms with van der Waals surface area (Å²) in [4.78, 5) is 24.2. The average molecular weight is 288 g/mol. The lowest BCUT2D eigenvalue weighted by Crippen LogP contribution is -2.59. The Morgan fingerprint density at radius 2 is 1.76 bits per heavy atom. The van der Waals surface area contributed by atoms with Crippen LogP contribution in [0.2, 0.25) is 0 Å². The van der Waals surface area contributed by atoms with Crippen LogP contribution < -0.4 is 11.5 Å². The monoisotopic (exact) mass is 288 g/mol. The fourth-order valence-corrected chi connectivity index (χ4v) is 3.23. The first-order chi connectivity index (χ1) is 9.83. The fraction of sp³-hybridized carbons (Fsp3) is 0.529. The van der Waals surface area contributed by atoms with Crippen LogP contribution in [0.1, 0.15) is 37.8 Å². The summed E-state index contributed by atoms with van der Waals surface area (Å²) in [6, 6.07) is 8.21. The molecule has 4 nitrogen and oxygen atoms in total. The second kappa shape index (κ2) is 5.98. The Hall–Kier alpha value is -1.68. The summed E-state index contributed by atoms with van der Waals surface area (Å²) in [7, 11) is 0. The molecule has 1 atom stereocenters. The van der Waals surface area contributed by atoms with E-state index in [1.807, 2.05) is 26.0 Å². The largest absolute Gasteiger partial charge is 0.368 e. The highest BCUT2D eigenvalue weighted by atomic mass is 16.2. The number of Topliss-reactive ketones (excluding diaryl/α,β-unsaturated/α-hetero) is 1. The highest BCUT2D eigenvalue weighted by molar-refractivity contribution is 6.09. The number of amides is 1. The van der Waals surface area contributed by atoms with Crippen molar-refractivity contribution < 1.29 is 9.59 Å². The Labute approximate surface area is 125 Å². The minimum Gasteiger partial charge on any atom is -0.368 e. The summed E-state index contributed by atoms with van der Waals surface area (Å²) in [6.07, 6.45) is 2.37. The molecule has 1 aromatic rings. The molecule has 4 heteroatoms. The Morgan fingerprint density at radius 3 is 2.19 bits per heavy atom. The number of ketones is 1. The van der Waals surface area contributed by atoms with Crippen LogP contribution >= 0.6 is 0 Å². The van der Waals surface area contributed by atoms with Gasteiger partial charge in [0.25, 0.3) is 0 Å². The van der Waals surface area contributed by atoms with Crippen LogP contribution in [0, 0.1) is 11.8 Å². The number of primary amides is 1. The van der Waals surface area contributed by atoms with E-state index in [1.165, 1.54) is 11.1 Å². The molecule has 4 N–H and O–H groups in total. The predicted octanol–water partition coefficient (Wildman–Crippen LogP) is 1.59. The van der Waals surface area contributed by atoms with Gasteiger partial charge in [-0.25, -0.2) is 0 Å². The van der Waals surface area contributed by atoms with E-state index in [1.54, 1.807) is 0 Å². The maximum absolute atomic E-state index is 12.5. The molecular weight excluding hydrogens is 264 g/mol. The summed E-state index contributed by atoms with van der Waals surface area (Å²) in [5, 5.41) is 0. The lowest BCUT2D eigenvalue weighted by atomic mass is 9.81. The molecule has 21 heavy (non-hydrogen) atoms. The molecular formula is C17H24N2O2. The average Bonchev–Trinajstić information content (AvgIpc) is 2.79. The maximum Gasteiger partial charge on any atom is 0.245 e. The summed E-state index contributed by atoms with van der Waals surface area (Å²) in [6.45, 7) is 3.87. The van der Waals surface area contributed by atoms with Crippen molar-refractivity contribution in [1.82, 2.24) is 0 Å². The van der Waals surface area contributed by atoms with Crippen LogP contribution in [-0.2, 0) is 22.4 Å². The van der Waals surface area contributed by atoms with Gasteiger partial charge in [0, 0.05) is 6.42 Å². The second-order valence-electron chi connectivity index (χ2n) is 6.60. The van der Waals surface area contributed by atoms with Crippen LogP contribution in [0.15, 0.2) is 24.3 Å². The van der Waals surface area contributed by atoms with Gasteiger partial charge >= 0.3 is 0 Å². The predicted molar refractivity (Wildman–Crippen MR) is 82.5 cm³/mol. The Morgan fingerprint density at radius 1 is 1.24 bits per heavy atom. The number of carbonyl (C=O) groups is 2. The van der Waals surface area contributed by atoms with Gasteiger partial charge in [-0.15, -0.1) is 0 Å². The third-order valence-corrected chi connectivity index (χ3v) is 4.28. The van der Waals surface area contributed by atoms with Gasteiger partial charge in [-0.3, -0.25) is 9.59 Å². The van der Waals surface area contributed by atoms with Crippen molar-refractivity contribution >= 4 is 11.7 Å². The van der Waals surface area contributed by atoms with Crippen LogP contribution in [-0.4, -0.2) is 17.2 Å². The second-order valence-corrected chi connectivity index (χ2v) is 6.60. The molecule has 0 unspecified atom stereocenters. The smallest absolute Gasteiger partial charge is 0.245 e. The van der Waals surface area contributed by atoms with E-state index >= 15 is 0 Å². The van der Waals surface area contributed by atoms with Crippen molar-refractivity contribution in [2.75, 3.05) is 0 Å². The summed E-state index contributed by atoms with van der Waals surface area (Å²) in [5.41, 5.74) is 12.5. The fourth-order valence-electron chi connectivity index (χ4n) is 3.23. The number of benzene rings is 1. The molecule has 0 aromatic heterocycles. The van der Waals surface area contributed by atoms with E-state index in [4.69, 9.17) is 11.5 Å². The molecule has 0 heterocycles. The van der Waals surface area contributed by atoms with Crippen LogP contribution in [0.25, 0.3) is 0 Å². The number of hydrogen-bond donors (Lipinski definition) is 2. The molecule has 0 saturated heterocycles. The molecule has 0 spiro atoms. The highest BCUT2D eigenvalue weighted by Gasteiger charge is 2.41. The minimum absolute atomic E-state index is 0.146. The number of carbonyl (C=O) groups excluding carboxylic acids is 2. The molecule has 0 aliphatic heterocycles. The first-order valence-corrected chi connectivity index (χ1v) is 7.51. The lowest BCUT2D eigenvalue weighted by molar-refractivity contribution is -0.135. The molecule has 0 radical (unpaired) electrons. The molecule has 1 amide bonds. The zero-order chi connectivity index (χ0) is 15.6. The SMILES string of the molecule is CC(C)C[C@](N)(C(N)=O)C(=O)CC1Cc2ccccc2C1. The van der Waals surface area contributed by atoms with Crippen molar-refractivity contribution in [2.45, 2.75) is 45.1 Å². The number of fused-ring (bicyclic) bond motifs is 1. The minimum atomic E-state index is -1.52. The van der Waals surface area contributed by atoms with Gasteiger partial charge in [0.2, 0.25) is 5.91 Å². The van der Waals surface area contributed by atoms with Crippen molar-refractivity contribution in [1.29, 1.82) is 0 Å². The van der Waals surface area contributed by atoms with E-state index in [0.717, 1.165) is 12.8 Å². The van der Waals surface area contributed by atoms with Crippen molar-refractivity contribution in [2.24, 2.45) is 23.3 Å². The first-order valence-electron chi connectivity index (χ1n) is 7.51. The molecule has 1 aliphatic rings. The molecule has 0 saturated carbocycles. The molecule has 0 bridgehead atoms. The molecule has 1 aromatic carbocycles. The van der Waals surface area contributed by atoms with Crippen LogP contribution in [0.5, 0.6) is 0 Å². The van der Waals surface area contributed by atoms with Gasteiger partial charge < -0.3 is 11.5 Å². The third kappa shape index (κ3) is 3.32. The molecule has 0 fully saturated rings. The third-order valence-electron chi connectivity index (χ3n) is 4.28. The maximum atomic E-state index is 12.5. The zero-order valence-electron chi connectivity index (χ0n) is 12.8. The van der Waals surface area contributed by atoms with E-state index in [9.17, 15) is 9.59 Å². The van der Waals surface area contributed by atoms with Gasteiger partial charge in [-0.1, -0.05) is 38.1 Å². The van der Waals surface area contributed by atoms with Crippen molar-refractivity contribution in [3.63, 3.8) is 0 Å². The first kappa shape index (κ1) is 15.7. The number of rotatable bonds is 6. The Bertz CT molecular complexity index is 528. The topological polar surface area (TPSA) is 86.2 Å². The van der Waals surface area contributed by atoms with Gasteiger partial charge in [0.05, 0.1) is 0 Å². The number of nitrogens with two attached hydrogens (primary N) is 2. The normalized spacial score (nSPS) is 17.5. The van der Waals surface area contributed by atoms with Gasteiger partial charge in [-0.05, 0) is 42.2 Å². The lowest BCUT2D eigenvalue weighted by Gasteiger charge is -2.27. The highest BCUT2D eigenvalue weighted by Crippen LogP contribution is 2.30. The Balaban J connectivity index is 2.06. The Kier molecular flexibility index (Phi) is 4.47. The number of hydrogen-bond acceptors (Lipinski definition) is 3. The van der Waals surface area contributed by atoms with Gasteiger partial charge in [0.1, 0.15) is 0 Å². The van der Waals surface area contributed by atoms with E-state index in [0.29, 0.717) is 12.8 Å². The molecule has 1 aliphatic carbocycles. The summed E-state index contributed by atoms with van der Waals surface area (Å²) < 4.78 is 0. The van der Waals surface area contributed by atoms with E-state index in [-0.39, 0.29) is 17.6 Å². The summed E-state index contributed by atoms with van der Waals surface area (Å²) >= 11 is 0. The standard InChI is InChI=1S/C17H24N2O2/c1-11(2)10-17(19,16(18)21)15(20)9-12-7-13-5-3-4-6-14(13)8-12/h3-6,11-12H,7-10,19H2,1-2H3,(H2,18,21)/t17-/m1/s1.